The molecule has 0 aliphatic carbocycles. The molecule has 1 N–H and O–H groups in total. The first-order chi connectivity index (χ1) is 12.7. The number of benzene rings is 1. The first-order valence-corrected chi connectivity index (χ1v) is 9.17. The fourth-order valence-electron chi connectivity index (χ4n) is 3.43. The second kappa shape index (κ2) is 7.58. The minimum atomic E-state index is 0.00000514. The van der Waals surface area contributed by atoms with Crippen LogP contribution in [0.3, 0.4) is 0 Å². The molecule has 0 bridgehead atoms. The number of halogens is 1. The average molecular weight is 369 g/mol. The van der Waals surface area contributed by atoms with Crippen molar-refractivity contribution in [2.75, 3.05) is 31.1 Å². The van der Waals surface area contributed by atoms with Gasteiger partial charge in [-0.05, 0) is 23.8 Å². The number of nitrogens with zero attached hydrogens (tertiary/aromatic N) is 4. The van der Waals surface area contributed by atoms with Gasteiger partial charge in [-0.2, -0.15) is 0 Å². The number of aliphatic hydroxyl groups excluding tert-OH is 1. The van der Waals surface area contributed by atoms with Crippen molar-refractivity contribution in [3.8, 4) is 0 Å². The molecular weight excluding hydrogens is 348 g/mol. The lowest BCUT2D eigenvalue weighted by Gasteiger charge is -2.36. The largest absolute Gasteiger partial charge is 0.392 e. The van der Waals surface area contributed by atoms with Gasteiger partial charge in [-0.1, -0.05) is 29.8 Å². The molecule has 1 aliphatic rings. The second-order valence-corrected chi connectivity index (χ2v) is 6.96. The Kier molecular flexibility index (Phi) is 5.02. The summed E-state index contributed by atoms with van der Waals surface area (Å²) in [6.45, 7) is 4.44. The maximum absolute atomic E-state index is 9.79. The maximum atomic E-state index is 9.79. The third kappa shape index (κ3) is 3.51. The number of fused-ring (bicyclic) bond motifs is 1. The molecule has 4 rings (SSSR count). The molecule has 1 aromatic carbocycles. The van der Waals surface area contributed by atoms with Crippen LogP contribution in [0.1, 0.15) is 11.1 Å². The van der Waals surface area contributed by atoms with Crippen molar-refractivity contribution < 1.29 is 5.11 Å². The summed E-state index contributed by atoms with van der Waals surface area (Å²) in [6.07, 6.45) is 3.48. The van der Waals surface area contributed by atoms with Gasteiger partial charge in [0.25, 0.3) is 0 Å². The number of aliphatic hydroxyl groups is 1. The molecule has 1 saturated heterocycles. The summed E-state index contributed by atoms with van der Waals surface area (Å²) >= 11 is 6.23. The third-order valence-corrected chi connectivity index (χ3v) is 5.21. The fraction of sp³-hybridized carbons (Fsp3) is 0.300. The standard InChI is InChI=1S/C20H21ClN4O/c21-18-12-22-6-5-16(18)13-24-7-9-25(10-8-24)20-17(14-26)11-15-3-1-2-4-19(15)23-20/h1-6,11-12,26H,7-10,13-14H2. The molecule has 3 heterocycles. The quantitative estimate of drug-likeness (QED) is 0.767. The molecule has 0 atom stereocenters. The number of anilines is 1. The van der Waals surface area contributed by atoms with Crippen LogP contribution < -0.4 is 4.90 Å². The Morgan fingerprint density at radius 1 is 1.04 bits per heavy atom. The predicted octanol–water partition coefficient (Wildman–Crippen LogP) is 3.10. The molecule has 0 spiro atoms. The molecule has 0 unspecified atom stereocenters. The number of piperazine rings is 1. The molecule has 0 amide bonds. The Bertz CT molecular complexity index is 909. The zero-order valence-corrected chi connectivity index (χ0v) is 15.2. The first-order valence-electron chi connectivity index (χ1n) is 8.80. The van der Waals surface area contributed by atoms with Gasteiger partial charge in [0.1, 0.15) is 5.82 Å². The molecule has 2 aromatic heterocycles. The van der Waals surface area contributed by atoms with Crippen LogP contribution in [0.2, 0.25) is 5.02 Å². The lowest BCUT2D eigenvalue weighted by molar-refractivity contribution is 0.247. The highest BCUT2D eigenvalue weighted by atomic mass is 35.5. The van der Waals surface area contributed by atoms with Gasteiger partial charge in [0.2, 0.25) is 0 Å². The van der Waals surface area contributed by atoms with Crippen molar-refractivity contribution in [1.82, 2.24) is 14.9 Å². The van der Waals surface area contributed by atoms with E-state index in [-0.39, 0.29) is 6.61 Å². The minimum Gasteiger partial charge on any atom is -0.392 e. The highest BCUT2D eigenvalue weighted by Crippen LogP contribution is 2.25. The van der Waals surface area contributed by atoms with Crippen molar-refractivity contribution in [1.29, 1.82) is 0 Å². The number of hydrogen-bond acceptors (Lipinski definition) is 5. The maximum Gasteiger partial charge on any atom is 0.134 e. The molecule has 134 valence electrons. The highest BCUT2D eigenvalue weighted by molar-refractivity contribution is 6.31. The topological polar surface area (TPSA) is 52.5 Å². The summed E-state index contributed by atoms with van der Waals surface area (Å²) in [5.41, 5.74) is 2.95. The Morgan fingerprint density at radius 3 is 2.62 bits per heavy atom. The van der Waals surface area contributed by atoms with Gasteiger partial charge < -0.3 is 10.0 Å². The molecule has 5 nitrogen and oxygen atoms in total. The van der Waals surface area contributed by atoms with Crippen LogP contribution in [0.5, 0.6) is 0 Å². The van der Waals surface area contributed by atoms with E-state index in [1.165, 1.54) is 0 Å². The monoisotopic (exact) mass is 368 g/mol. The van der Waals surface area contributed by atoms with E-state index in [1.807, 2.05) is 36.4 Å². The minimum absolute atomic E-state index is 0.00000514. The van der Waals surface area contributed by atoms with E-state index in [1.54, 1.807) is 12.4 Å². The molecule has 6 heteroatoms. The number of rotatable bonds is 4. The number of para-hydroxylation sites is 1. The van der Waals surface area contributed by atoms with E-state index < -0.39 is 0 Å². The normalized spacial score (nSPS) is 15.5. The van der Waals surface area contributed by atoms with Crippen molar-refractivity contribution >= 4 is 28.3 Å². The lowest BCUT2D eigenvalue weighted by Crippen LogP contribution is -2.46. The van der Waals surface area contributed by atoms with Gasteiger partial charge in [-0.3, -0.25) is 9.88 Å². The van der Waals surface area contributed by atoms with Crippen LogP contribution in [0.25, 0.3) is 10.9 Å². The smallest absolute Gasteiger partial charge is 0.134 e. The molecular formula is C20H21ClN4O. The van der Waals surface area contributed by atoms with E-state index in [2.05, 4.69) is 14.8 Å². The first kappa shape index (κ1) is 17.2. The summed E-state index contributed by atoms with van der Waals surface area (Å²) in [6, 6.07) is 12.1. The average Bonchev–Trinajstić information content (AvgIpc) is 2.69. The molecule has 1 fully saturated rings. The highest BCUT2D eigenvalue weighted by Gasteiger charge is 2.21. The lowest BCUT2D eigenvalue weighted by atomic mass is 10.1. The molecule has 0 saturated carbocycles. The Hall–Kier alpha value is -2.21. The van der Waals surface area contributed by atoms with Gasteiger partial charge >= 0.3 is 0 Å². The van der Waals surface area contributed by atoms with E-state index in [4.69, 9.17) is 16.6 Å². The molecule has 26 heavy (non-hydrogen) atoms. The van der Waals surface area contributed by atoms with Gasteiger partial charge in [-0.15, -0.1) is 0 Å². The SMILES string of the molecule is OCc1cc2ccccc2nc1N1CCN(Cc2ccncc2Cl)CC1. The Balaban J connectivity index is 1.49. The van der Waals surface area contributed by atoms with Crippen LogP contribution in [0.4, 0.5) is 5.82 Å². The molecule has 0 radical (unpaired) electrons. The fourth-order valence-corrected chi connectivity index (χ4v) is 3.61. The molecule has 1 aliphatic heterocycles. The zero-order valence-electron chi connectivity index (χ0n) is 14.5. The van der Waals surface area contributed by atoms with Crippen LogP contribution in [-0.4, -0.2) is 46.2 Å². The van der Waals surface area contributed by atoms with E-state index in [9.17, 15) is 5.11 Å². The number of pyridine rings is 2. The van der Waals surface area contributed by atoms with Crippen LogP contribution in [-0.2, 0) is 13.2 Å². The summed E-state index contributed by atoms with van der Waals surface area (Å²) in [4.78, 5) is 13.5. The van der Waals surface area contributed by atoms with Gasteiger partial charge in [-0.25, -0.2) is 4.98 Å². The summed E-state index contributed by atoms with van der Waals surface area (Å²) in [5, 5.41) is 11.6. The number of aromatic nitrogens is 2. The third-order valence-electron chi connectivity index (χ3n) is 4.87. The van der Waals surface area contributed by atoms with Gasteiger partial charge in [0, 0.05) is 56.1 Å². The molecule has 3 aromatic rings. The predicted molar refractivity (Wildman–Crippen MR) is 104 cm³/mol. The summed E-state index contributed by atoms with van der Waals surface area (Å²) in [5.74, 6) is 0.896. The Labute approximate surface area is 157 Å². The van der Waals surface area contributed by atoms with Crippen molar-refractivity contribution in [3.05, 3.63) is 64.9 Å². The van der Waals surface area contributed by atoms with Crippen LogP contribution >= 0.6 is 11.6 Å². The zero-order chi connectivity index (χ0) is 17.9. The van der Waals surface area contributed by atoms with Crippen molar-refractivity contribution in [2.45, 2.75) is 13.2 Å². The van der Waals surface area contributed by atoms with E-state index in [0.717, 1.165) is 60.6 Å². The summed E-state index contributed by atoms with van der Waals surface area (Å²) in [7, 11) is 0. The number of hydrogen-bond donors (Lipinski definition) is 1. The van der Waals surface area contributed by atoms with Crippen LogP contribution in [0, 0.1) is 0 Å². The van der Waals surface area contributed by atoms with Crippen molar-refractivity contribution in [2.24, 2.45) is 0 Å². The van der Waals surface area contributed by atoms with Gasteiger partial charge in [0.05, 0.1) is 17.1 Å². The Morgan fingerprint density at radius 2 is 1.85 bits per heavy atom. The van der Waals surface area contributed by atoms with E-state index in [0.29, 0.717) is 5.02 Å². The van der Waals surface area contributed by atoms with E-state index >= 15 is 0 Å². The van der Waals surface area contributed by atoms with Crippen molar-refractivity contribution in [3.63, 3.8) is 0 Å². The second-order valence-electron chi connectivity index (χ2n) is 6.55. The summed E-state index contributed by atoms with van der Waals surface area (Å²) < 4.78 is 0. The van der Waals surface area contributed by atoms with Crippen LogP contribution in [0.15, 0.2) is 48.8 Å². The van der Waals surface area contributed by atoms with Gasteiger partial charge in [0.15, 0.2) is 0 Å².